The van der Waals surface area contributed by atoms with Gasteiger partial charge in [0.2, 0.25) is 0 Å². The number of hydrogen-bond donors (Lipinski definition) is 2. The number of ether oxygens (including phenoxy) is 2. The second-order valence-corrected chi connectivity index (χ2v) is 5.42. The third kappa shape index (κ3) is 4.73. The molecule has 2 rings (SSSR count). The topological polar surface area (TPSA) is 90.7 Å². The molecule has 22 heavy (non-hydrogen) atoms. The van der Waals surface area contributed by atoms with Gasteiger partial charge in [-0.05, 0) is 37.9 Å². The first-order chi connectivity index (χ1) is 10.6. The van der Waals surface area contributed by atoms with Crippen molar-refractivity contribution in [3.63, 3.8) is 0 Å². The summed E-state index contributed by atoms with van der Waals surface area (Å²) in [6.07, 6.45) is 4.30. The fourth-order valence-electron chi connectivity index (χ4n) is 2.49. The van der Waals surface area contributed by atoms with Crippen molar-refractivity contribution in [2.75, 3.05) is 18.9 Å². The number of nitrogens with one attached hydrogen (secondary N) is 1. The zero-order valence-electron chi connectivity index (χ0n) is 12.8. The molecule has 0 saturated carbocycles. The van der Waals surface area contributed by atoms with Gasteiger partial charge in [0.1, 0.15) is 11.3 Å². The second-order valence-electron chi connectivity index (χ2n) is 5.42. The maximum Gasteiger partial charge on any atom is 0.341 e. The molecular formula is C16H22N2O4. The first kappa shape index (κ1) is 16.3. The number of nitrogen functional groups attached to an aromatic ring is 1. The third-order valence-electron chi connectivity index (χ3n) is 3.59. The molecule has 1 aliphatic heterocycles. The van der Waals surface area contributed by atoms with E-state index in [0.29, 0.717) is 18.3 Å². The smallest absolute Gasteiger partial charge is 0.341 e. The molecule has 1 aromatic rings. The SMILES string of the molecule is CC(=O)Oc1cc(N)ccc1C(=O)OCCC1CCCCN1. The molecule has 0 radical (unpaired) electrons. The van der Waals surface area contributed by atoms with Gasteiger partial charge in [0, 0.05) is 24.7 Å². The van der Waals surface area contributed by atoms with Crippen molar-refractivity contribution in [3.8, 4) is 5.75 Å². The summed E-state index contributed by atoms with van der Waals surface area (Å²) in [6, 6.07) is 4.93. The number of carbonyl (C=O) groups excluding carboxylic acids is 2. The summed E-state index contributed by atoms with van der Waals surface area (Å²) in [5.74, 6) is -0.883. The lowest BCUT2D eigenvalue weighted by atomic mass is 10.0. The van der Waals surface area contributed by atoms with Crippen molar-refractivity contribution in [2.24, 2.45) is 0 Å². The normalized spacial score (nSPS) is 17.8. The highest BCUT2D eigenvalue weighted by Crippen LogP contribution is 2.23. The van der Waals surface area contributed by atoms with E-state index in [0.717, 1.165) is 19.4 Å². The van der Waals surface area contributed by atoms with E-state index in [1.807, 2.05) is 0 Å². The van der Waals surface area contributed by atoms with Crippen molar-refractivity contribution in [3.05, 3.63) is 23.8 Å². The summed E-state index contributed by atoms with van der Waals surface area (Å²) in [4.78, 5) is 23.2. The molecule has 1 saturated heterocycles. The summed E-state index contributed by atoms with van der Waals surface area (Å²) in [6.45, 7) is 2.63. The Bertz CT molecular complexity index is 539. The van der Waals surface area contributed by atoms with Crippen LogP contribution in [0.1, 0.15) is 43.0 Å². The number of anilines is 1. The number of nitrogens with two attached hydrogens (primary N) is 1. The van der Waals surface area contributed by atoms with Crippen LogP contribution in [-0.2, 0) is 9.53 Å². The molecule has 1 unspecified atom stereocenters. The number of piperidine rings is 1. The number of rotatable bonds is 5. The Kier molecular flexibility index (Phi) is 5.77. The van der Waals surface area contributed by atoms with Crippen molar-refractivity contribution < 1.29 is 19.1 Å². The first-order valence-corrected chi connectivity index (χ1v) is 7.54. The molecule has 120 valence electrons. The van der Waals surface area contributed by atoms with Gasteiger partial charge in [0.05, 0.1) is 6.61 Å². The molecule has 0 bridgehead atoms. The highest BCUT2D eigenvalue weighted by Gasteiger charge is 2.17. The van der Waals surface area contributed by atoms with Gasteiger partial charge in [0.15, 0.2) is 0 Å². The van der Waals surface area contributed by atoms with Crippen LogP contribution in [0.3, 0.4) is 0 Å². The predicted octanol–water partition coefficient (Wildman–Crippen LogP) is 1.88. The van der Waals surface area contributed by atoms with Crippen molar-refractivity contribution in [2.45, 2.75) is 38.6 Å². The lowest BCUT2D eigenvalue weighted by Gasteiger charge is -2.23. The Morgan fingerprint density at radius 3 is 2.86 bits per heavy atom. The fraction of sp³-hybridized carbons (Fsp3) is 0.500. The lowest BCUT2D eigenvalue weighted by molar-refractivity contribution is -0.131. The molecule has 1 aromatic carbocycles. The van der Waals surface area contributed by atoms with Gasteiger partial charge >= 0.3 is 11.9 Å². The average Bonchev–Trinajstić information content (AvgIpc) is 2.47. The molecule has 1 atom stereocenters. The molecule has 3 N–H and O–H groups in total. The quantitative estimate of drug-likeness (QED) is 0.490. The Labute approximate surface area is 130 Å². The van der Waals surface area contributed by atoms with Crippen LogP contribution in [0, 0.1) is 0 Å². The number of benzene rings is 1. The van der Waals surface area contributed by atoms with Gasteiger partial charge in [0.25, 0.3) is 0 Å². The van der Waals surface area contributed by atoms with E-state index in [9.17, 15) is 9.59 Å². The number of hydrogen-bond acceptors (Lipinski definition) is 6. The molecule has 0 spiro atoms. The van der Waals surface area contributed by atoms with Gasteiger partial charge in [-0.25, -0.2) is 4.79 Å². The molecule has 0 aromatic heterocycles. The maximum absolute atomic E-state index is 12.1. The van der Waals surface area contributed by atoms with Crippen LogP contribution in [-0.4, -0.2) is 31.1 Å². The van der Waals surface area contributed by atoms with Gasteiger partial charge in [-0.1, -0.05) is 6.42 Å². The molecule has 1 aliphatic rings. The second kappa shape index (κ2) is 7.79. The summed E-state index contributed by atoms with van der Waals surface area (Å²) in [5, 5.41) is 3.40. The van der Waals surface area contributed by atoms with Gasteiger partial charge < -0.3 is 20.5 Å². The minimum Gasteiger partial charge on any atom is -0.462 e. The van der Waals surface area contributed by atoms with Crippen LogP contribution in [0.2, 0.25) is 0 Å². The molecule has 1 fully saturated rings. The minimum absolute atomic E-state index is 0.133. The maximum atomic E-state index is 12.1. The standard InChI is InChI=1S/C16H22N2O4/c1-11(19)22-15-10-12(17)5-6-14(15)16(20)21-9-7-13-4-2-3-8-18-13/h5-6,10,13,18H,2-4,7-9,17H2,1H3. The lowest BCUT2D eigenvalue weighted by Crippen LogP contribution is -2.35. The molecule has 1 heterocycles. The average molecular weight is 306 g/mol. The Hall–Kier alpha value is -2.08. The van der Waals surface area contributed by atoms with E-state index < -0.39 is 11.9 Å². The summed E-state index contributed by atoms with van der Waals surface area (Å²) < 4.78 is 10.3. The van der Waals surface area contributed by atoms with E-state index in [2.05, 4.69) is 5.32 Å². The molecule has 6 nitrogen and oxygen atoms in total. The van der Waals surface area contributed by atoms with Crippen molar-refractivity contribution in [1.82, 2.24) is 5.32 Å². The predicted molar refractivity (Wildman–Crippen MR) is 82.7 cm³/mol. The van der Waals surface area contributed by atoms with Crippen LogP contribution < -0.4 is 15.8 Å². The Morgan fingerprint density at radius 2 is 2.18 bits per heavy atom. The van der Waals surface area contributed by atoms with E-state index in [-0.39, 0.29) is 11.3 Å². The monoisotopic (exact) mass is 306 g/mol. The molecular weight excluding hydrogens is 284 g/mol. The number of esters is 2. The highest BCUT2D eigenvalue weighted by molar-refractivity contribution is 5.94. The van der Waals surface area contributed by atoms with Crippen LogP contribution in [0.15, 0.2) is 18.2 Å². The van der Waals surface area contributed by atoms with E-state index in [4.69, 9.17) is 15.2 Å². The Morgan fingerprint density at radius 1 is 1.36 bits per heavy atom. The van der Waals surface area contributed by atoms with Crippen LogP contribution in [0.4, 0.5) is 5.69 Å². The summed E-state index contributed by atoms with van der Waals surface area (Å²) in [5.41, 5.74) is 6.27. The van der Waals surface area contributed by atoms with Crippen LogP contribution in [0.25, 0.3) is 0 Å². The van der Waals surface area contributed by atoms with Gasteiger partial charge in [-0.2, -0.15) is 0 Å². The van der Waals surface area contributed by atoms with Crippen molar-refractivity contribution in [1.29, 1.82) is 0 Å². The van der Waals surface area contributed by atoms with Crippen molar-refractivity contribution >= 4 is 17.6 Å². The summed E-state index contributed by atoms with van der Waals surface area (Å²) in [7, 11) is 0. The van der Waals surface area contributed by atoms with Crippen LogP contribution >= 0.6 is 0 Å². The third-order valence-corrected chi connectivity index (χ3v) is 3.59. The van der Waals surface area contributed by atoms with Gasteiger partial charge in [-0.15, -0.1) is 0 Å². The molecule has 0 amide bonds. The Balaban J connectivity index is 1.92. The zero-order valence-corrected chi connectivity index (χ0v) is 12.8. The van der Waals surface area contributed by atoms with Crippen LogP contribution in [0.5, 0.6) is 5.75 Å². The molecule has 6 heteroatoms. The summed E-state index contributed by atoms with van der Waals surface area (Å²) >= 11 is 0. The highest BCUT2D eigenvalue weighted by atomic mass is 16.5. The number of carbonyl (C=O) groups is 2. The van der Waals surface area contributed by atoms with E-state index in [1.165, 1.54) is 31.9 Å². The first-order valence-electron chi connectivity index (χ1n) is 7.54. The van der Waals surface area contributed by atoms with E-state index >= 15 is 0 Å². The van der Waals surface area contributed by atoms with E-state index in [1.54, 1.807) is 6.07 Å². The largest absolute Gasteiger partial charge is 0.462 e. The fourth-order valence-corrected chi connectivity index (χ4v) is 2.49. The zero-order chi connectivity index (χ0) is 15.9. The molecule has 0 aliphatic carbocycles. The minimum atomic E-state index is -0.508. The van der Waals surface area contributed by atoms with Gasteiger partial charge in [-0.3, -0.25) is 4.79 Å².